The van der Waals surface area contributed by atoms with Gasteiger partial charge in [-0.1, -0.05) is 19.1 Å². The number of carbonyl (C=O) groups excluding carboxylic acids is 1. The first-order chi connectivity index (χ1) is 12.6. The molecule has 0 unspecified atom stereocenters. The van der Waals surface area contributed by atoms with E-state index in [-0.39, 0.29) is 29.5 Å². The van der Waals surface area contributed by atoms with Crippen LogP contribution in [0.15, 0.2) is 24.3 Å². The lowest BCUT2D eigenvalue weighted by atomic mass is 9.99. The summed E-state index contributed by atoms with van der Waals surface area (Å²) in [5, 5.41) is 9.20. The number of benzene rings is 1. The Morgan fingerprint density at radius 2 is 2.00 bits per heavy atom. The third kappa shape index (κ3) is 3.67. The molecule has 1 saturated heterocycles. The van der Waals surface area contributed by atoms with Crippen molar-refractivity contribution in [1.82, 2.24) is 14.9 Å². The highest BCUT2D eigenvalue weighted by molar-refractivity contribution is 5.94. The average molecular weight is 381 g/mol. The van der Waals surface area contributed by atoms with Gasteiger partial charge in [-0.05, 0) is 25.0 Å². The zero-order valence-electron chi connectivity index (χ0n) is 14.7. The van der Waals surface area contributed by atoms with Crippen molar-refractivity contribution in [2.75, 3.05) is 13.1 Å². The number of H-pyrrole nitrogens is 1. The summed E-state index contributed by atoms with van der Waals surface area (Å²) in [5.74, 6) is -2.06. The lowest BCUT2D eigenvalue weighted by molar-refractivity contribution is -0.142. The summed E-state index contributed by atoms with van der Waals surface area (Å²) in [5.41, 5.74) is -0.0933. The van der Waals surface area contributed by atoms with Crippen LogP contribution >= 0.6 is 0 Å². The predicted molar refractivity (Wildman–Crippen MR) is 90.0 cm³/mol. The van der Waals surface area contributed by atoms with Gasteiger partial charge in [0.05, 0.1) is 11.5 Å². The molecule has 0 radical (unpaired) electrons. The fraction of sp³-hybridized carbons (Fsp3) is 0.389. The van der Waals surface area contributed by atoms with Gasteiger partial charge in [0, 0.05) is 24.3 Å². The quantitative estimate of drug-likeness (QED) is 0.855. The van der Waals surface area contributed by atoms with Crippen LogP contribution in [0.2, 0.25) is 0 Å². The molecule has 0 bridgehead atoms. The molecule has 0 spiro atoms. The van der Waals surface area contributed by atoms with Crippen LogP contribution in [0.25, 0.3) is 11.4 Å². The Morgan fingerprint density at radius 1 is 1.30 bits per heavy atom. The normalized spacial score (nSPS) is 20.1. The van der Waals surface area contributed by atoms with Crippen LogP contribution in [0, 0.1) is 18.8 Å². The van der Waals surface area contributed by atoms with Gasteiger partial charge >= 0.3 is 12.1 Å². The second-order valence-electron chi connectivity index (χ2n) is 6.77. The fourth-order valence-corrected chi connectivity index (χ4v) is 3.25. The number of carboxylic acids is 1. The second-order valence-corrected chi connectivity index (χ2v) is 6.77. The Hall–Kier alpha value is -2.84. The Bertz CT molecular complexity index is 891. The molecule has 1 aromatic carbocycles. The third-order valence-electron chi connectivity index (χ3n) is 4.77. The van der Waals surface area contributed by atoms with E-state index in [1.165, 1.54) is 17.0 Å². The highest BCUT2D eigenvalue weighted by Crippen LogP contribution is 2.32. The number of alkyl halides is 3. The van der Waals surface area contributed by atoms with Gasteiger partial charge in [-0.25, -0.2) is 4.98 Å². The van der Waals surface area contributed by atoms with Crippen molar-refractivity contribution in [3.8, 4) is 11.4 Å². The number of amides is 1. The molecule has 9 heteroatoms. The van der Waals surface area contributed by atoms with Crippen molar-refractivity contribution < 1.29 is 27.9 Å². The molecule has 1 fully saturated rings. The monoisotopic (exact) mass is 381 g/mol. The second kappa shape index (κ2) is 6.71. The number of aliphatic carboxylic acids is 1. The maximum atomic E-state index is 12.9. The summed E-state index contributed by atoms with van der Waals surface area (Å²) in [6.07, 6.45) is -4.48. The van der Waals surface area contributed by atoms with Gasteiger partial charge in [0.1, 0.15) is 11.5 Å². The van der Waals surface area contributed by atoms with Crippen LogP contribution in [0.1, 0.15) is 28.7 Å². The Kier molecular flexibility index (Phi) is 4.71. The maximum Gasteiger partial charge on any atom is 0.416 e. The van der Waals surface area contributed by atoms with E-state index in [1.54, 1.807) is 13.8 Å². The molecule has 2 N–H and O–H groups in total. The Balaban J connectivity index is 1.87. The molecule has 144 valence electrons. The van der Waals surface area contributed by atoms with Gasteiger partial charge in [-0.2, -0.15) is 13.2 Å². The highest BCUT2D eigenvalue weighted by Gasteiger charge is 2.38. The number of hydrogen-bond donors (Lipinski definition) is 2. The summed E-state index contributed by atoms with van der Waals surface area (Å²) in [6.45, 7) is 3.74. The number of carbonyl (C=O) groups is 2. The van der Waals surface area contributed by atoms with Gasteiger partial charge < -0.3 is 15.0 Å². The summed E-state index contributed by atoms with van der Waals surface area (Å²) < 4.78 is 38.7. The predicted octanol–water partition coefficient (Wildman–Crippen LogP) is 3.20. The number of aromatic nitrogens is 2. The van der Waals surface area contributed by atoms with E-state index in [0.717, 1.165) is 12.1 Å². The average Bonchev–Trinajstić information content (AvgIpc) is 3.17. The number of hydrogen-bond acceptors (Lipinski definition) is 3. The molecule has 27 heavy (non-hydrogen) atoms. The Morgan fingerprint density at radius 3 is 2.59 bits per heavy atom. The standard InChI is InChI=1S/C18H18F3N3O3/c1-9-7-24(8-13(9)17(26)27)16(25)14-10(2)22-15(23-14)11-4-3-5-12(6-11)18(19,20)21/h3-6,9,13H,7-8H2,1-2H3,(H,22,23)(H,26,27)/t9-,13-/m1/s1. The molecular weight excluding hydrogens is 363 g/mol. The van der Waals surface area contributed by atoms with E-state index in [9.17, 15) is 27.9 Å². The van der Waals surface area contributed by atoms with E-state index < -0.39 is 29.5 Å². The zero-order chi connectivity index (χ0) is 19.9. The molecule has 2 heterocycles. The van der Waals surface area contributed by atoms with Gasteiger partial charge in [0.2, 0.25) is 0 Å². The van der Waals surface area contributed by atoms with E-state index in [4.69, 9.17) is 0 Å². The molecule has 6 nitrogen and oxygen atoms in total. The lowest BCUT2D eigenvalue weighted by Gasteiger charge is -2.14. The minimum absolute atomic E-state index is 0.0839. The molecule has 1 aliphatic heterocycles. The summed E-state index contributed by atoms with van der Waals surface area (Å²) in [4.78, 5) is 32.4. The number of nitrogens with one attached hydrogen (secondary N) is 1. The van der Waals surface area contributed by atoms with Crippen LogP contribution in [-0.2, 0) is 11.0 Å². The molecule has 0 saturated carbocycles. The third-order valence-corrected chi connectivity index (χ3v) is 4.77. The van der Waals surface area contributed by atoms with Crippen LogP contribution in [0.5, 0.6) is 0 Å². The first-order valence-corrected chi connectivity index (χ1v) is 8.34. The minimum atomic E-state index is -4.48. The minimum Gasteiger partial charge on any atom is -0.481 e. The molecule has 1 aliphatic rings. The SMILES string of the molecule is Cc1[nH]c(-c2cccc(C(F)(F)F)c2)nc1C(=O)N1C[C@@H](C)[C@H](C(=O)O)C1. The summed E-state index contributed by atoms with van der Waals surface area (Å²) in [7, 11) is 0. The first-order valence-electron chi connectivity index (χ1n) is 8.34. The lowest BCUT2D eigenvalue weighted by Crippen LogP contribution is -2.30. The number of imidazole rings is 1. The molecule has 3 rings (SSSR count). The number of aryl methyl sites for hydroxylation is 1. The Labute approximate surface area is 153 Å². The number of aromatic amines is 1. The number of nitrogens with zero attached hydrogens (tertiary/aromatic N) is 2. The van der Waals surface area contributed by atoms with Gasteiger partial charge in [0.25, 0.3) is 5.91 Å². The first kappa shape index (κ1) is 18.9. The van der Waals surface area contributed by atoms with Crippen molar-refractivity contribution in [3.63, 3.8) is 0 Å². The fourth-order valence-electron chi connectivity index (χ4n) is 3.25. The van der Waals surface area contributed by atoms with E-state index in [0.29, 0.717) is 12.2 Å². The molecule has 1 aromatic heterocycles. The number of likely N-dealkylation sites (tertiary alicyclic amines) is 1. The molecule has 2 aromatic rings. The number of carboxylic acid groups (broad SMARTS) is 1. The zero-order valence-corrected chi connectivity index (χ0v) is 14.7. The number of halogens is 3. The van der Waals surface area contributed by atoms with Crippen molar-refractivity contribution in [1.29, 1.82) is 0 Å². The van der Waals surface area contributed by atoms with Crippen LogP contribution < -0.4 is 0 Å². The van der Waals surface area contributed by atoms with Crippen molar-refractivity contribution >= 4 is 11.9 Å². The smallest absolute Gasteiger partial charge is 0.416 e. The van der Waals surface area contributed by atoms with Gasteiger partial charge in [-0.15, -0.1) is 0 Å². The number of rotatable bonds is 3. The molecule has 2 atom stereocenters. The molecular formula is C18H18F3N3O3. The van der Waals surface area contributed by atoms with Crippen LogP contribution in [-0.4, -0.2) is 44.9 Å². The maximum absolute atomic E-state index is 12.9. The largest absolute Gasteiger partial charge is 0.481 e. The molecule has 0 aliphatic carbocycles. The van der Waals surface area contributed by atoms with Crippen molar-refractivity contribution in [2.45, 2.75) is 20.0 Å². The van der Waals surface area contributed by atoms with E-state index >= 15 is 0 Å². The van der Waals surface area contributed by atoms with E-state index in [1.807, 2.05) is 0 Å². The van der Waals surface area contributed by atoms with Crippen molar-refractivity contribution in [2.24, 2.45) is 11.8 Å². The van der Waals surface area contributed by atoms with Gasteiger partial charge in [-0.3, -0.25) is 9.59 Å². The summed E-state index contributed by atoms with van der Waals surface area (Å²) in [6, 6.07) is 4.67. The van der Waals surface area contributed by atoms with Crippen LogP contribution in [0.3, 0.4) is 0 Å². The van der Waals surface area contributed by atoms with Crippen LogP contribution in [0.4, 0.5) is 13.2 Å². The highest BCUT2D eigenvalue weighted by atomic mass is 19.4. The molecule has 1 amide bonds. The summed E-state index contributed by atoms with van der Waals surface area (Å²) >= 11 is 0. The van der Waals surface area contributed by atoms with E-state index in [2.05, 4.69) is 9.97 Å². The van der Waals surface area contributed by atoms with Gasteiger partial charge in [0.15, 0.2) is 0 Å². The van der Waals surface area contributed by atoms with Crippen molar-refractivity contribution in [3.05, 3.63) is 41.2 Å². The topological polar surface area (TPSA) is 86.3 Å².